The Morgan fingerprint density at radius 2 is 2.26 bits per heavy atom. The van der Waals surface area contributed by atoms with Crippen LogP contribution >= 0.6 is 15.9 Å². The molecule has 1 aromatic rings. The number of likely N-dealkylation sites (tertiary alicyclic amines) is 1. The molecule has 2 unspecified atom stereocenters. The molecule has 0 aromatic heterocycles. The van der Waals surface area contributed by atoms with Crippen LogP contribution in [0.25, 0.3) is 0 Å². The molecular weight excluding hydrogens is 306 g/mol. The predicted octanol–water partition coefficient (Wildman–Crippen LogP) is 2.99. The molecular formula is C15H20BrNO2. The van der Waals surface area contributed by atoms with Crippen LogP contribution in [0.2, 0.25) is 0 Å². The van der Waals surface area contributed by atoms with Crippen molar-refractivity contribution in [3.8, 4) is 0 Å². The van der Waals surface area contributed by atoms with Crippen LogP contribution in [0, 0.1) is 12.8 Å². The minimum atomic E-state index is -0.0516. The molecule has 0 spiro atoms. The van der Waals surface area contributed by atoms with Gasteiger partial charge in [-0.3, -0.25) is 4.79 Å². The average Bonchev–Trinajstić information content (AvgIpc) is 2.37. The highest BCUT2D eigenvalue weighted by Gasteiger charge is 2.32. The number of nitrogens with zero attached hydrogens (tertiary/aromatic N) is 1. The molecule has 1 fully saturated rings. The van der Waals surface area contributed by atoms with E-state index in [0.717, 1.165) is 35.0 Å². The summed E-state index contributed by atoms with van der Waals surface area (Å²) in [6.45, 7) is 4.83. The third kappa shape index (κ3) is 3.00. The van der Waals surface area contributed by atoms with E-state index in [0.29, 0.717) is 5.92 Å². The first-order valence-corrected chi connectivity index (χ1v) is 7.52. The molecule has 1 aliphatic rings. The van der Waals surface area contributed by atoms with Crippen LogP contribution in [0.1, 0.15) is 35.7 Å². The summed E-state index contributed by atoms with van der Waals surface area (Å²) in [5.41, 5.74) is 1.70. The molecule has 1 saturated heterocycles. The Hall–Kier alpha value is -0.870. The highest BCUT2D eigenvalue weighted by Crippen LogP contribution is 2.26. The van der Waals surface area contributed by atoms with Gasteiger partial charge >= 0.3 is 0 Å². The SMILES string of the molecule is Cc1cc(Br)ccc1C(=O)N1CCCC(C)C1CO. The number of benzene rings is 1. The number of aliphatic hydroxyl groups excluding tert-OH is 1. The van der Waals surface area contributed by atoms with Gasteiger partial charge in [0.2, 0.25) is 0 Å². The lowest BCUT2D eigenvalue weighted by atomic mass is 9.90. The molecule has 2 atom stereocenters. The van der Waals surface area contributed by atoms with Gasteiger partial charge in [0.15, 0.2) is 0 Å². The summed E-state index contributed by atoms with van der Waals surface area (Å²) in [4.78, 5) is 14.5. The fourth-order valence-electron chi connectivity index (χ4n) is 2.80. The topological polar surface area (TPSA) is 40.5 Å². The van der Waals surface area contributed by atoms with Crippen LogP contribution in [0.15, 0.2) is 22.7 Å². The van der Waals surface area contributed by atoms with Gasteiger partial charge in [-0.1, -0.05) is 22.9 Å². The van der Waals surface area contributed by atoms with Crippen LogP contribution in [-0.2, 0) is 0 Å². The number of halogens is 1. The number of aliphatic hydroxyl groups is 1. The minimum Gasteiger partial charge on any atom is -0.394 e. The Morgan fingerprint density at radius 1 is 1.53 bits per heavy atom. The molecule has 0 radical (unpaired) electrons. The number of aryl methyl sites for hydroxylation is 1. The second kappa shape index (κ2) is 6.06. The molecule has 2 rings (SSSR count). The lowest BCUT2D eigenvalue weighted by molar-refractivity contribution is 0.0358. The number of carbonyl (C=O) groups excluding carboxylic acids is 1. The van der Waals surface area contributed by atoms with E-state index < -0.39 is 0 Å². The zero-order valence-corrected chi connectivity index (χ0v) is 13.0. The van der Waals surface area contributed by atoms with Gasteiger partial charge in [-0.2, -0.15) is 0 Å². The Kier molecular flexibility index (Phi) is 4.63. The molecule has 3 nitrogen and oxygen atoms in total. The summed E-state index contributed by atoms with van der Waals surface area (Å²) in [5.74, 6) is 0.397. The molecule has 1 aromatic carbocycles. The smallest absolute Gasteiger partial charge is 0.254 e. The van der Waals surface area contributed by atoms with Crippen molar-refractivity contribution in [3.05, 3.63) is 33.8 Å². The molecule has 19 heavy (non-hydrogen) atoms. The summed E-state index contributed by atoms with van der Waals surface area (Å²) < 4.78 is 0.979. The maximum atomic E-state index is 12.6. The lowest BCUT2D eigenvalue weighted by Gasteiger charge is -2.39. The average molecular weight is 326 g/mol. The third-order valence-corrected chi connectivity index (χ3v) is 4.48. The van der Waals surface area contributed by atoms with E-state index in [1.54, 1.807) is 0 Å². The second-order valence-corrected chi connectivity index (χ2v) is 6.24. The Bertz CT molecular complexity index is 475. The van der Waals surface area contributed by atoms with Gasteiger partial charge in [-0.15, -0.1) is 0 Å². The summed E-state index contributed by atoms with van der Waals surface area (Å²) in [7, 11) is 0. The summed E-state index contributed by atoms with van der Waals surface area (Å²) in [5, 5.41) is 9.54. The highest BCUT2D eigenvalue weighted by molar-refractivity contribution is 9.10. The number of carbonyl (C=O) groups is 1. The molecule has 4 heteroatoms. The summed E-state index contributed by atoms with van der Waals surface area (Å²) in [6.07, 6.45) is 2.09. The number of hydrogen-bond donors (Lipinski definition) is 1. The van der Waals surface area contributed by atoms with Gasteiger partial charge in [-0.25, -0.2) is 0 Å². The number of amides is 1. The van der Waals surface area contributed by atoms with Crippen molar-refractivity contribution in [2.75, 3.05) is 13.2 Å². The van der Waals surface area contributed by atoms with E-state index in [9.17, 15) is 9.90 Å². The van der Waals surface area contributed by atoms with Gasteiger partial charge < -0.3 is 10.0 Å². The Labute approximate surface area is 122 Å². The third-order valence-electron chi connectivity index (χ3n) is 3.98. The van der Waals surface area contributed by atoms with Gasteiger partial charge in [0.1, 0.15) is 0 Å². The van der Waals surface area contributed by atoms with Gasteiger partial charge in [0.25, 0.3) is 5.91 Å². The number of rotatable bonds is 2. The molecule has 1 N–H and O–H groups in total. The molecule has 104 valence electrons. The largest absolute Gasteiger partial charge is 0.394 e. The van der Waals surface area contributed by atoms with E-state index in [2.05, 4.69) is 22.9 Å². The van der Waals surface area contributed by atoms with Crippen LogP contribution in [0.3, 0.4) is 0 Å². The zero-order chi connectivity index (χ0) is 14.0. The van der Waals surface area contributed by atoms with E-state index in [4.69, 9.17) is 0 Å². The molecule has 1 heterocycles. The maximum absolute atomic E-state index is 12.6. The van der Waals surface area contributed by atoms with Crippen molar-refractivity contribution in [2.24, 2.45) is 5.92 Å². The van der Waals surface area contributed by atoms with Crippen molar-refractivity contribution in [1.82, 2.24) is 4.90 Å². The molecule has 0 saturated carbocycles. The van der Waals surface area contributed by atoms with Crippen molar-refractivity contribution < 1.29 is 9.90 Å². The molecule has 0 aliphatic carbocycles. The number of hydrogen-bond acceptors (Lipinski definition) is 2. The van der Waals surface area contributed by atoms with Crippen LogP contribution in [0.4, 0.5) is 0 Å². The van der Waals surface area contributed by atoms with E-state index in [-0.39, 0.29) is 18.6 Å². The quantitative estimate of drug-likeness (QED) is 0.908. The predicted molar refractivity (Wildman–Crippen MR) is 79.2 cm³/mol. The lowest BCUT2D eigenvalue weighted by Crippen LogP contribution is -2.49. The minimum absolute atomic E-state index is 0.0376. The van der Waals surface area contributed by atoms with Crippen molar-refractivity contribution in [2.45, 2.75) is 32.7 Å². The number of piperidine rings is 1. The maximum Gasteiger partial charge on any atom is 0.254 e. The fraction of sp³-hybridized carbons (Fsp3) is 0.533. The second-order valence-electron chi connectivity index (χ2n) is 5.33. The zero-order valence-electron chi connectivity index (χ0n) is 11.4. The first-order chi connectivity index (χ1) is 9.04. The van der Waals surface area contributed by atoms with Crippen molar-refractivity contribution >= 4 is 21.8 Å². The van der Waals surface area contributed by atoms with E-state index in [1.165, 1.54) is 0 Å². The first kappa shape index (κ1) is 14.5. The molecule has 1 amide bonds. The van der Waals surface area contributed by atoms with E-state index >= 15 is 0 Å². The van der Waals surface area contributed by atoms with Crippen LogP contribution < -0.4 is 0 Å². The highest BCUT2D eigenvalue weighted by atomic mass is 79.9. The van der Waals surface area contributed by atoms with Gasteiger partial charge in [0, 0.05) is 16.6 Å². The van der Waals surface area contributed by atoms with Crippen molar-refractivity contribution in [1.29, 1.82) is 0 Å². The Morgan fingerprint density at radius 3 is 2.89 bits per heavy atom. The van der Waals surface area contributed by atoms with Crippen molar-refractivity contribution in [3.63, 3.8) is 0 Å². The van der Waals surface area contributed by atoms with Gasteiger partial charge in [-0.05, 0) is 49.4 Å². The molecule has 1 aliphatic heterocycles. The standard InChI is InChI=1S/C15H20BrNO2/c1-10-4-3-7-17(14(10)9-18)15(19)13-6-5-12(16)8-11(13)2/h5-6,8,10,14,18H,3-4,7,9H2,1-2H3. The fourth-order valence-corrected chi connectivity index (χ4v) is 3.28. The normalized spacial score (nSPS) is 23.5. The van der Waals surface area contributed by atoms with E-state index in [1.807, 2.05) is 30.0 Å². The van der Waals surface area contributed by atoms with Gasteiger partial charge in [0.05, 0.1) is 12.6 Å². The Balaban J connectivity index is 2.27. The first-order valence-electron chi connectivity index (χ1n) is 6.72. The summed E-state index contributed by atoms with van der Waals surface area (Å²) >= 11 is 3.41. The monoisotopic (exact) mass is 325 g/mol. The molecule has 0 bridgehead atoms. The van der Waals surface area contributed by atoms with Crippen LogP contribution in [0.5, 0.6) is 0 Å². The van der Waals surface area contributed by atoms with Crippen LogP contribution in [-0.4, -0.2) is 35.1 Å². The summed E-state index contributed by atoms with van der Waals surface area (Å²) in [6, 6.07) is 5.65.